The Bertz CT molecular complexity index is 938. The number of benzene rings is 2. The van der Waals surface area contributed by atoms with Gasteiger partial charge in [-0.25, -0.2) is 0 Å². The Hall–Kier alpha value is -2.93. The summed E-state index contributed by atoms with van der Waals surface area (Å²) < 4.78 is 0. The summed E-state index contributed by atoms with van der Waals surface area (Å²) in [6.45, 7) is 0.350. The van der Waals surface area contributed by atoms with Crippen LogP contribution in [0.2, 0.25) is 5.02 Å². The molecule has 0 radical (unpaired) electrons. The van der Waals surface area contributed by atoms with E-state index in [1.165, 1.54) is 23.1 Å². The Balaban J connectivity index is 1.90. The molecule has 1 aromatic heterocycles. The lowest BCUT2D eigenvalue weighted by atomic mass is 10.1. The van der Waals surface area contributed by atoms with Crippen molar-refractivity contribution < 1.29 is 9.72 Å². The summed E-state index contributed by atoms with van der Waals surface area (Å²) >= 11 is 5.95. The zero-order valence-corrected chi connectivity index (χ0v) is 13.4. The van der Waals surface area contributed by atoms with Gasteiger partial charge < -0.3 is 4.90 Å². The molecule has 8 heteroatoms. The number of amides is 1. The molecule has 0 saturated heterocycles. The van der Waals surface area contributed by atoms with Crippen LogP contribution in [0.25, 0.3) is 10.9 Å². The first-order chi connectivity index (χ1) is 11.5. The second-order valence-electron chi connectivity index (χ2n) is 5.35. The largest absolute Gasteiger partial charge is 0.336 e. The summed E-state index contributed by atoms with van der Waals surface area (Å²) in [5.74, 6) is -0.332. The molecule has 0 aliphatic rings. The van der Waals surface area contributed by atoms with Crippen LogP contribution in [0.1, 0.15) is 16.1 Å². The zero-order valence-electron chi connectivity index (χ0n) is 12.7. The highest BCUT2D eigenvalue weighted by atomic mass is 35.5. The Kier molecular flexibility index (Phi) is 4.18. The van der Waals surface area contributed by atoms with Gasteiger partial charge in [0.1, 0.15) is 0 Å². The number of hydrogen-bond acceptors (Lipinski definition) is 4. The topological polar surface area (TPSA) is 92.1 Å². The van der Waals surface area contributed by atoms with Crippen molar-refractivity contribution in [3.8, 4) is 0 Å². The maximum absolute atomic E-state index is 12.6. The van der Waals surface area contributed by atoms with Crippen LogP contribution < -0.4 is 0 Å². The average molecular weight is 345 g/mol. The van der Waals surface area contributed by atoms with E-state index in [0.717, 1.165) is 5.56 Å². The number of aromatic amines is 1. The van der Waals surface area contributed by atoms with Gasteiger partial charge in [-0.2, -0.15) is 5.10 Å². The predicted octanol–water partition coefficient (Wildman–Crippen LogP) is 3.40. The number of non-ortho nitro benzene ring substituents is 1. The molecule has 24 heavy (non-hydrogen) atoms. The fraction of sp³-hybridized carbons (Fsp3) is 0.125. The number of fused-ring (bicyclic) bond motifs is 1. The molecule has 0 saturated carbocycles. The summed E-state index contributed by atoms with van der Waals surface area (Å²) in [6, 6.07) is 11.5. The van der Waals surface area contributed by atoms with Crippen molar-refractivity contribution in [3.05, 3.63) is 68.9 Å². The van der Waals surface area contributed by atoms with Gasteiger partial charge >= 0.3 is 0 Å². The molecule has 1 amide bonds. The van der Waals surface area contributed by atoms with Crippen LogP contribution in [-0.4, -0.2) is 33.0 Å². The Labute approximate surface area is 142 Å². The monoisotopic (exact) mass is 344 g/mol. The molecular weight excluding hydrogens is 332 g/mol. The molecular formula is C16H13ClN4O3. The van der Waals surface area contributed by atoms with E-state index in [2.05, 4.69) is 10.2 Å². The van der Waals surface area contributed by atoms with E-state index in [1.807, 2.05) is 12.1 Å². The normalized spacial score (nSPS) is 10.8. The van der Waals surface area contributed by atoms with E-state index >= 15 is 0 Å². The molecule has 0 fully saturated rings. The summed E-state index contributed by atoms with van der Waals surface area (Å²) in [4.78, 5) is 24.5. The molecule has 122 valence electrons. The molecule has 3 aromatic rings. The van der Waals surface area contributed by atoms with Gasteiger partial charge in [-0.05, 0) is 23.8 Å². The SMILES string of the molecule is CN(Cc1cccc(Cl)c1)C(=O)c1n[nH]c2ccc([N+](=O)[O-])cc12. The highest BCUT2D eigenvalue weighted by Crippen LogP contribution is 2.23. The maximum Gasteiger partial charge on any atom is 0.275 e. The molecule has 0 spiro atoms. The van der Waals surface area contributed by atoms with Crippen molar-refractivity contribution in [3.63, 3.8) is 0 Å². The van der Waals surface area contributed by atoms with Gasteiger partial charge in [0.15, 0.2) is 5.69 Å². The fourth-order valence-electron chi connectivity index (χ4n) is 2.44. The quantitative estimate of drug-likeness (QED) is 0.580. The van der Waals surface area contributed by atoms with Crippen molar-refractivity contribution in [2.24, 2.45) is 0 Å². The van der Waals surface area contributed by atoms with Crippen LogP contribution >= 0.6 is 11.6 Å². The molecule has 1 N–H and O–H groups in total. The predicted molar refractivity (Wildman–Crippen MR) is 90.0 cm³/mol. The lowest BCUT2D eigenvalue weighted by Gasteiger charge is -2.16. The number of aromatic nitrogens is 2. The Morgan fingerprint density at radius 2 is 2.12 bits per heavy atom. The summed E-state index contributed by atoms with van der Waals surface area (Å²) in [6.07, 6.45) is 0. The van der Waals surface area contributed by atoms with Gasteiger partial charge in [0.05, 0.1) is 10.4 Å². The molecule has 0 aliphatic heterocycles. The van der Waals surface area contributed by atoms with Crippen LogP contribution in [-0.2, 0) is 6.54 Å². The minimum atomic E-state index is -0.504. The van der Waals surface area contributed by atoms with Gasteiger partial charge in [-0.3, -0.25) is 20.0 Å². The number of H-pyrrole nitrogens is 1. The van der Waals surface area contributed by atoms with Gasteiger partial charge in [-0.1, -0.05) is 23.7 Å². The average Bonchev–Trinajstić information content (AvgIpc) is 2.97. The number of nitrogens with zero attached hydrogens (tertiary/aromatic N) is 3. The second kappa shape index (κ2) is 6.29. The third kappa shape index (κ3) is 3.07. The van der Waals surface area contributed by atoms with Crippen LogP contribution in [0.5, 0.6) is 0 Å². The highest BCUT2D eigenvalue weighted by Gasteiger charge is 2.20. The highest BCUT2D eigenvalue weighted by molar-refractivity contribution is 6.30. The Morgan fingerprint density at radius 3 is 2.83 bits per heavy atom. The van der Waals surface area contributed by atoms with Crippen LogP contribution in [0.4, 0.5) is 5.69 Å². The second-order valence-corrected chi connectivity index (χ2v) is 5.79. The number of rotatable bonds is 4. The van der Waals surface area contributed by atoms with Crippen molar-refractivity contribution in [1.29, 1.82) is 0 Å². The molecule has 0 bridgehead atoms. The van der Waals surface area contributed by atoms with Gasteiger partial charge in [0.25, 0.3) is 11.6 Å². The number of carbonyl (C=O) groups excluding carboxylic acids is 1. The first kappa shape index (κ1) is 15.9. The number of hydrogen-bond donors (Lipinski definition) is 1. The van der Waals surface area contributed by atoms with Crippen LogP contribution in [0, 0.1) is 10.1 Å². The summed E-state index contributed by atoms with van der Waals surface area (Å²) in [7, 11) is 1.64. The van der Waals surface area contributed by atoms with Crippen molar-refractivity contribution in [2.75, 3.05) is 7.05 Å². The number of nitrogens with one attached hydrogen (secondary N) is 1. The summed E-state index contributed by atoms with van der Waals surface area (Å²) in [5, 5.41) is 18.7. The Morgan fingerprint density at radius 1 is 1.33 bits per heavy atom. The maximum atomic E-state index is 12.6. The first-order valence-electron chi connectivity index (χ1n) is 7.08. The van der Waals surface area contributed by atoms with E-state index in [0.29, 0.717) is 22.5 Å². The molecule has 7 nitrogen and oxygen atoms in total. The fourth-order valence-corrected chi connectivity index (χ4v) is 2.65. The molecule has 0 atom stereocenters. The minimum Gasteiger partial charge on any atom is -0.336 e. The van der Waals surface area contributed by atoms with Crippen LogP contribution in [0.15, 0.2) is 42.5 Å². The third-order valence-corrected chi connectivity index (χ3v) is 3.85. The van der Waals surface area contributed by atoms with E-state index < -0.39 is 4.92 Å². The number of halogens is 1. The smallest absolute Gasteiger partial charge is 0.275 e. The van der Waals surface area contributed by atoms with Gasteiger partial charge in [-0.15, -0.1) is 0 Å². The van der Waals surface area contributed by atoms with Crippen molar-refractivity contribution >= 4 is 34.1 Å². The molecule has 2 aromatic carbocycles. The van der Waals surface area contributed by atoms with E-state index in [-0.39, 0.29) is 17.3 Å². The van der Waals surface area contributed by atoms with Gasteiger partial charge in [0, 0.05) is 36.1 Å². The lowest BCUT2D eigenvalue weighted by Crippen LogP contribution is -2.26. The van der Waals surface area contributed by atoms with E-state index in [1.54, 1.807) is 19.2 Å². The van der Waals surface area contributed by atoms with E-state index in [9.17, 15) is 14.9 Å². The van der Waals surface area contributed by atoms with Gasteiger partial charge in [0.2, 0.25) is 0 Å². The summed E-state index contributed by atoms with van der Waals surface area (Å²) in [5.41, 5.74) is 1.51. The molecule has 0 aliphatic carbocycles. The van der Waals surface area contributed by atoms with Crippen LogP contribution in [0.3, 0.4) is 0 Å². The standard InChI is InChI=1S/C16H13ClN4O3/c1-20(9-10-3-2-4-11(17)7-10)16(22)15-13-8-12(21(23)24)5-6-14(13)18-19-15/h2-8H,9H2,1H3,(H,18,19). The number of nitro benzene ring substituents is 1. The lowest BCUT2D eigenvalue weighted by molar-refractivity contribution is -0.384. The first-order valence-corrected chi connectivity index (χ1v) is 7.46. The van der Waals surface area contributed by atoms with E-state index in [4.69, 9.17) is 11.6 Å². The van der Waals surface area contributed by atoms with Crippen molar-refractivity contribution in [2.45, 2.75) is 6.54 Å². The third-order valence-electron chi connectivity index (χ3n) is 3.62. The zero-order chi connectivity index (χ0) is 17.3. The minimum absolute atomic E-state index is 0.0876. The number of carbonyl (C=O) groups is 1. The molecule has 3 rings (SSSR count). The molecule has 1 heterocycles. The van der Waals surface area contributed by atoms with Crippen molar-refractivity contribution in [1.82, 2.24) is 15.1 Å². The molecule has 0 unspecified atom stereocenters. The number of nitro groups is 1.